The van der Waals surface area contributed by atoms with E-state index in [0.717, 1.165) is 41.3 Å². The maximum atomic E-state index is 12.5. The molecule has 1 aliphatic rings. The highest BCUT2D eigenvalue weighted by atomic mass is 32.2. The molecule has 1 N–H and O–H groups in total. The lowest BCUT2D eigenvalue weighted by Gasteiger charge is -2.27. The van der Waals surface area contributed by atoms with E-state index in [2.05, 4.69) is 11.8 Å². The van der Waals surface area contributed by atoms with Crippen molar-refractivity contribution >= 4 is 17.7 Å². The number of carbonyl (C=O) groups excluding carboxylic acids is 1. The molecule has 100 valence electrons. The molecule has 3 nitrogen and oxygen atoms in total. The van der Waals surface area contributed by atoms with Gasteiger partial charge >= 0.3 is 0 Å². The minimum atomic E-state index is -0.166. The van der Waals surface area contributed by atoms with E-state index in [4.69, 9.17) is 5.11 Å². The number of rotatable bonds is 1. The summed E-state index contributed by atoms with van der Waals surface area (Å²) in [6.07, 6.45) is 0. The number of amides is 1. The van der Waals surface area contributed by atoms with Crippen molar-refractivity contribution in [3.05, 3.63) is 34.9 Å². The Labute approximate surface area is 118 Å². The van der Waals surface area contributed by atoms with E-state index >= 15 is 0 Å². The predicted octanol–water partition coefficient (Wildman–Crippen LogP) is 1.53. The van der Waals surface area contributed by atoms with Crippen LogP contribution in [0.2, 0.25) is 0 Å². The minimum absolute atomic E-state index is 0.0884. The molecule has 0 radical (unpaired) electrons. The van der Waals surface area contributed by atoms with Crippen LogP contribution in [0.4, 0.5) is 0 Å². The molecule has 0 aromatic heterocycles. The van der Waals surface area contributed by atoms with Gasteiger partial charge in [0, 0.05) is 35.7 Å². The quantitative estimate of drug-likeness (QED) is 0.790. The Kier molecular flexibility index (Phi) is 4.89. The molecule has 1 aliphatic heterocycles. The summed E-state index contributed by atoms with van der Waals surface area (Å²) in [4.78, 5) is 14.4. The van der Waals surface area contributed by atoms with Crippen LogP contribution >= 0.6 is 11.8 Å². The third kappa shape index (κ3) is 3.52. The summed E-state index contributed by atoms with van der Waals surface area (Å²) < 4.78 is 0. The molecule has 0 bridgehead atoms. The molecule has 4 heteroatoms. The fourth-order valence-corrected chi connectivity index (χ4v) is 2.91. The van der Waals surface area contributed by atoms with Gasteiger partial charge in [0.1, 0.15) is 6.61 Å². The summed E-state index contributed by atoms with van der Waals surface area (Å²) in [6.45, 7) is 3.40. The molecule has 0 aliphatic carbocycles. The Hall–Kier alpha value is -1.44. The number of hydrogen-bond acceptors (Lipinski definition) is 3. The van der Waals surface area contributed by atoms with Gasteiger partial charge in [-0.25, -0.2) is 0 Å². The summed E-state index contributed by atoms with van der Waals surface area (Å²) in [5.74, 6) is 7.56. The molecular formula is C15H17NO2S. The second kappa shape index (κ2) is 6.65. The molecular weight excluding hydrogens is 258 g/mol. The van der Waals surface area contributed by atoms with Gasteiger partial charge in [0.2, 0.25) is 0 Å². The van der Waals surface area contributed by atoms with E-state index in [1.54, 1.807) is 0 Å². The summed E-state index contributed by atoms with van der Waals surface area (Å²) in [7, 11) is 0. The van der Waals surface area contributed by atoms with Crippen molar-refractivity contribution in [2.45, 2.75) is 6.92 Å². The maximum absolute atomic E-state index is 12.5. The predicted molar refractivity (Wildman–Crippen MR) is 78.4 cm³/mol. The first kappa shape index (κ1) is 14.0. The Bertz CT molecular complexity index is 525. The SMILES string of the molecule is Cc1ccc(C#CCO)cc1C(=O)N1CCSCC1. The number of aliphatic hydroxyl groups excluding tert-OH is 1. The van der Waals surface area contributed by atoms with E-state index in [0.29, 0.717) is 0 Å². The molecule has 1 amide bonds. The van der Waals surface area contributed by atoms with Crippen molar-refractivity contribution in [2.75, 3.05) is 31.2 Å². The lowest BCUT2D eigenvalue weighted by atomic mass is 10.0. The van der Waals surface area contributed by atoms with Crippen molar-refractivity contribution in [3.8, 4) is 11.8 Å². The van der Waals surface area contributed by atoms with Crippen LogP contribution in [0.5, 0.6) is 0 Å². The van der Waals surface area contributed by atoms with Gasteiger partial charge in [0.25, 0.3) is 5.91 Å². The molecule has 1 aromatic rings. The van der Waals surface area contributed by atoms with E-state index in [-0.39, 0.29) is 12.5 Å². The van der Waals surface area contributed by atoms with Crippen LogP contribution in [-0.2, 0) is 0 Å². The van der Waals surface area contributed by atoms with Crippen LogP contribution in [-0.4, -0.2) is 47.1 Å². The molecule has 1 aromatic carbocycles. The number of thioether (sulfide) groups is 1. The normalized spacial score (nSPS) is 14.7. The smallest absolute Gasteiger partial charge is 0.254 e. The van der Waals surface area contributed by atoms with Gasteiger partial charge in [-0.15, -0.1) is 0 Å². The molecule has 0 unspecified atom stereocenters. The van der Waals surface area contributed by atoms with E-state index in [1.165, 1.54) is 0 Å². The van der Waals surface area contributed by atoms with E-state index in [1.807, 2.05) is 41.8 Å². The van der Waals surface area contributed by atoms with Crippen LogP contribution in [0.3, 0.4) is 0 Å². The molecule has 0 saturated carbocycles. The monoisotopic (exact) mass is 275 g/mol. The zero-order valence-corrected chi connectivity index (χ0v) is 11.8. The third-order valence-corrected chi connectivity index (χ3v) is 4.02. The first-order valence-electron chi connectivity index (χ1n) is 6.30. The van der Waals surface area contributed by atoms with Crippen LogP contribution in [0.15, 0.2) is 18.2 Å². The molecule has 1 saturated heterocycles. The van der Waals surface area contributed by atoms with Crippen molar-refractivity contribution in [1.29, 1.82) is 0 Å². The topological polar surface area (TPSA) is 40.5 Å². The molecule has 1 heterocycles. The first-order valence-corrected chi connectivity index (χ1v) is 7.45. The summed E-state index contributed by atoms with van der Waals surface area (Å²) >= 11 is 1.89. The largest absolute Gasteiger partial charge is 0.384 e. The number of nitrogens with zero attached hydrogens (tertiary/aromatic N) is 1. The first-order chi connectivity index (χ1) is 9.22. The second-order valence-corrected chi connectivity index (χ2v) is 5.62. The lowest BCUT2D eigenvalue weighted by Crippen LogP contribution is -2.38. The fourth-order valence-electron chi connectivity index (χ4n) is 2.01. The average molecular weight is 275 g/mol. The standard InChI is InChI=1S/C15H17NO2S/c1-12-4-5-13(3-2-8-17)11-14(12)15(18)16-6-9-19-10-7-16/h4-5,11,17H,6-10H2,1H3. The Morgan fingerprint density at radius 2 is 2.16 bits per heavy atom. The second-order valence-electron chi connectivity index (χ2n) is 4.39. The zero-order chi connectivity index (χ0) is 13.7. The van der Waals surface area contributed by atoms with Gasteiger partial charge in [-0.2, -0.15) is 11.8 Å². The fraction of sp³-hybridized carbons (Fsp3) is 0.400. The number of aliphatic hydroxyl groups is 1. The highest BCUT2D eigenvalue weighted by Gasteiger charge is 2.19. The van der Waals surface area contributed by atoms with Gasteiger partial charge in [0.05, 0.1) is 0 Å². The summed E-state index contributed by atoms with van der Waals surface area (Å²) in [5.41, 5.74) is 2.46. The van der Waals surface area contributed by atoms with Crippen LogP contribution in [0, 0.1) is 18.8 Å². The highest BCUT2D eigenvalue weighted by Crippen LogP contribution is 2.17. The molecule has 0 atom stereocenters. The van der Waals surface area contributed by atoms with Gasteiger partial charge in [-0.05, 0) is 24.6 Å². The maximum Gasteiger partial charge on any atom is 0.254 e. The minimum Gasteiger partial charge on any atom is -0.384 e. The summed E-state index contributed by atoms with van der Waals surface area (Å²) in [6, 6.07) is 5.61. The average Bonchev–Trinajstić information content (AvgIpc) is 2.46. The van der Waals surface area contributed by atoms with E-state index in [9.17, 15) is 4.79 Å². The number of aryl methyl sites for hydroxylation is 1. The summed E-state index contributed by atoms with van der Waals surface area (Å²) in [5, 5.41) is 8.71. The molecule has 0 spiro atoms. The van der Waals surface area contributed by atoms with Gasteiger partial charge in [0.15, 0.2) is 0 Å². The van der Waals surface area contributed by atoms with Crippen molar-refractivity contribution in [3.63, 3.8) is 0 Å². The van der Waals surface area contributed by atoms with Gasteiger partial charge in [-0.1, -0.05) is 17.9 Å². The van der Waals surface area contributed by atoms with Gasteiger partial charge < -0.3 is 10.0 Å². The number of benzene rings is 1. The van der Waals surface area contributed by atoms with Crippen LogP contribution in [0.1, 0.15) is 21.5 Å². The highest BCUT2D eigenvalue weighted by molar-refractivity contribution is 7.99. The van der Waals surface area contributed by atoms with Crippen LogP contribution in [0.25, 0.3) is 0 Å². The molecule has 19 heavy (non-hydrogen) atoms. The van der Waals surface area contributed by atoms with Crippen molar-refractivity contribution in [2.24, 2.45) is 0 Å². The van der Waals surface area contributed by atoms with Gasteiger partial charge in [-0.3, -0.25) is 4.79 Å². The Balaban J connectivity index is 2.24. The third-order valence-electron chi connectivity index (χ3n) is 3.08. The van der Waals surface area contributed by atoms with Crippen LogP contribution < -0.4 is 0 Å². The van der Waals surface area contributed by atoms with E-state index < -0.39 is 0 Å². The van der Waals surface area contributed by atoms with Crippen molar-refractivity contribution < 1.29 is 9.90 Å². The number of carbonyl (C=O) groups is 1. The zero-order valence-electron chi connectivity index (χ0n) is 11.0. The molecule has 2 rings (SSSR count). The molecule has 1 fully saturated rings. The number of hydrogen-bond donors (Lipinski definition) is 1. The lowest BCUT2D eigenvalue weighted by molar-refractivity contribution is 0.0771. The Morgan fingerprint density at radius 1 is 1.42 bits per heavy atom. The van der Waals surface area contributed by atoms with Crippen molar-refractivity contribution in [1.82, 2.24) is 4.90 Å². The Morgan fingerprint density at radius 3 is 2.84 bits per heavy atom.